The maximum atomic E-state index is 12.7. The third-order valence-electron chi connectivity index (χ3n) is 14.4. The number of hydrogen-bond acceptors (Lipinski definition) is 18. The number of hydrogen-bond donors (Lipinski definition) is 10. The summed E-state index contributed by atoms with van der Waals surface area (Å²) >= 11 is 0. The Hall–Kier alpha value is -6.94. The number of amides is 6. The fraction of sp³-hybridized carbons (Fsp3) is 0.717. The Balaban J connectivity index is 1.48. The van der Waals surface area contributed by atoms with E-state index in [2.05, 4.69) is 58.9 Å². The number of ketones is 2. The molecule has 2 rings (SSSR count). The number of H-pyrrole nitrogens is 1. The van der Waals surface area contributed by atoms with Gasteiger partial charge < -0.3 is 52.0 Å². The van der Waals surface area contributed by atoms with Crippen molar-refractivity contribution < 1.29 is 76.0 Å². The quantitative estimate of drug-likeness (QED) is 0.0376. The number of carbonyl (C=O) groups is 10. The molecule has 0 aliphatic heterocycles. The zero-order chi connectivity index (χ0) is 64.6. The van der Waals surface area contributed by atoms with E-state index in [-0.39, 0.29) is 109 Å². The van der Waals surface area contributed by atoms with E-state index in [4.69, 9.17) is 15.2 Å². The molecule has 0 spiro atoms. The number of tetrazole rings is 1. The molecule has 1 aromatic carbocycles. The molecule has 0 bridgehead atoms. The van der Waals surface area contributed by atoms with Crippen molar-refractivity contribution in [1.29, 1.82) is 0 Å². The highest BCUT2D eigenvalue weighted by atomic mass is 32.2. The lowest BCUT2D eigenvalue weighted by molar-refractivity contribution is -0.145. The highest BCUT2D eigenvalue weighted by molar-refractivity contribution is 7.90. The topological polar surface area (TPSA) is 416 Å². The average Bonchev–Trinajstić information content (AvgIpc) is 4.11. The number of nitrogens with two attached hydrogens (primary N) is 1. The number of carboxylic acid groups (broad SMARTS) is 2. The molecule has 3 atom stereocenters. The lowest BCUT2D eigenvalue weighted by atomic mass is 9.95. The Kier molecular flexibility index (Phi) is 42.1. The van der Waals surface area contributed by atoms with E-state index in [0.29, 0.717) is 37.8 Å². The highest BCUT2D eigenvalue weighted by Gasteiger charge is 2.26. The van der Waals surface area contributed by atoms with Gasteiger partial charge in [-0.15, -0.1) is 10.2 Å². The average molecular weight is 1260 g/mol. The fourth-order valence-electron chi connectivity index (χ4n) is 9.26. The standard InChI is InChI=1S/C60H99N11O16S/c1-2-3-36-62-47-31-28-45(29-32-47)58(79)64-37-18-17-24-50(57(61)78)65-56(77)44-87-41-40-86-39-20-23-48(72)33-34-51(60(82)83)66-54(75)35-30-46(59(80)81)43-49(73)22-19-38-63-53(74)27-21-42-88(84,85)69-55(76)26-16-14-12-10-8-6-4-5-7-9-11-13-15-25-52-67-70-71-68-52/h28-29,31-32,46,50-51,62H,2-27,30,33-44H2,1H3,(H2,61,78)(H,63,74)(H,64,79)(H,65,77)(H,66,75)(H,69,76)(H,80,81)(H,82,83)(H,67,68,70,71)/t46-,50+,51?/m1/s1. The van der Waals surface area contributed by atoms with Crippen molar-refractivity contribution in [2.24, 2.45) is 11.7 Å². The van der Waals surface area contributed by atoms with Crippen LogP contribution in [0.2, 0.25) is 0 Å². The van der Waals surface area contributed by atoms with Crippen molar-refractivity contribution in [3.63, 3.8) is 0 Å². The first-order valence-electron chi connectivity index (χ1n) is 31.4. The van der Waals surface area contributed by atoms with Gasteiger partial charge in [0.15, 0.2) is 5.82 Å². The second-order valence-corrected chi connectivity index (χ2v) is 23.9. The van der Waals surface area contributed by atoms with E-state index in [1.54, 1.807) is 12.1 Å². The highest BCUT2D eigenvalue weighted by Crippen LogP contribution is 2.17. The number of aliphatic carboxylic acids is 2. The van der Waals surface area contributed by atoms with Crippen LogP contribution in [0.1, 0.15) is 216 Å². The molecule has 0 radical (unpaired) electrons. The van der Waals surface area contributed by atoms with Gasteiger partial charge in [-0.3, -0.25) is 47.9 Å². The summed E-state index contributed by atoms with van der Waals surface area (Å²) in [5.74, 6) is -7.61. The van der Waals surface area contributed by atoms with Crippen molar-refractivity contribution in [1.82, 2.24) is 46.6 Å². The molecule has 0 aliphatic carbocycles. The summed E-state index contributed by atoms with van der Waals surface area (Å²) in [7, 11) is -3.93. The third-order valence-corrected chi connectivity index (χ3v) is 15.7. The molecule has 1 heterocycles. The SMILES string of the molecule is CCCCNc1ccc(C(=O)NCCCC[C@H](NC(=O)COCCOCCCC(=O)CCC(NC(=O)CC[C@H](CC(=O)CCCNC(=O)CCCS(=O)(=O)NC(=O)CCCCCCCCCCCCCCCc2nn[nH]n2)C(=O)O)C(=O)O)C(N)=O)cc1. The van der Waals surface area contributed by atoms with Gasteiger partial charge in [-0.05, 0) is 94.9 Å². The van der Waals surface area contributed by atoms with Gasteiger partial charge in [0.2, 0.25) is 39.6 Å². The minimum atomic E-state index is -3.93. The summed E-state index contributed by atoms with van der Waals surface area (Å²) in [6.45, 7) is 3.34. The Labute approximate surface area is 517 Å². The molecular formula is C60H99N11O16S. The number of primary amides is 1. The maximum Gasteiger partial charge on any atom is 0.326 e. The molecule has 2 aromatic rings. The summed E-state index contributed by atoms with van der Waals surface area (Å²) < 4.78 is 37.7. The molecule has 11 N–H and O–H groups in total. The van der Waals surface area contributed by atoms with Crippen molar-refractivity contribution in [3.05, 3.63) is 35.7 Å². The molecule has 0 fully saturated rings. The van der Waals surface area contributed by atoms with E-state index in [1.807, 2.05) is 12.1 Å². The molecule has 1 unspecified atom stereocenters. The Morgan fingerprint density at radius 2 is 1.19 bits per heavy atom. The zero-order valence-electron chi connectivity index (χ0n) is 51.6. The number of sulfonamides is 1. The van der Waals surface area contributed by atoms with Crippen LogP contribution in [0.4, 0.5) is 5.69 Å². The number of aromatic nitrogens is 4. The second-order valence-electron chi connectivity index (χ2n) is 22.1. The first-order valence-corrected chi connectivity index (χ1v) is 33.1. The van der Waals surface area contributed by atoms with Gasteiger partial charge in [0, 0.05) is 88.9 Å². The van der Waals surface area contributed by atoms with Crippen LogP contribution in [0.3, 0.4) is 0 Å². The molecule has 6 amide bonds. The molecule has 496 valence electrons. The van der Waals surface area contributed by atoms with Gasteiger partial charge in [0.1, 0.15) is 30.3 Å². The predicted octanol–water partition coefficient (Wildman–Crippen LogP) is 5.28. The Bertz CT molecular complexity index is 2490. The van der Waals surface area contributed by atoms with Gasteiger partial charge in [0.25, 0.3) is 5.91 Å². The summed E-state index contributed by atoms with van der Waals surface area (Å²) in [6.07, 6.45) is 17.4. The number of nitrogens with zero attached hydrogens (tertiary/aromatic N) is 3. The monoisotopic (exact) mass is 1260 g/mol. The van der Waals surface area contributed by atoms with Crippen molar-refractivity contribution in [2.75, 3.05) is 57.1 Å². The van der Waals surface area contributed by atoms with Crippen LogP contribution in [0, 0.1) is 5.92 Å². The van der Waals surface area contributed by atoms with Crippen LogP contribution in [0.15, 0.2) is 24.3 Å². The van der Waals surface area contributed by atoms with Crippen LogP contribution in [-0.2, 0) is 69.1 Å². The number of aryl methyl sites for hydroxylation is 1. The lowest BCUT2D eigenvalue weighted by Crippen LogP contribution is -2.45. The Morgan fingerprint density at radius 1 is 0.568 bits per heavy atom. The van der Waals surface area contributed by atoms with E-state index < -0.39 is 93.9 Å². The van der Waals surface area contributed by atoms with E-state index in [0.717, 1.165) is 69.4 Å². The minimum absolute atomic E-state index is 0.0352. The number of aromatic amines is 1. The van der Waals surface area contributed by atoms with Gasteiger partial charge >= 0.3 is 11.9 Å². The van der Waals surface area contributed by atoms with Crippen molar-refractivity contribution in [2.45, 2.75) is 218 Å². The van der Waals surface area contributed by atoms with Crippen molar-refractivity contribution in [3.8, 4) is 0 Å². The van der Waals surface area contributed by atoms with Crippen LogP contribution in [-0.4, -0.2) is 162 Å². The lowest BCUT2D eigenvalue weighted by Gasteiger charge is -2.16. The maximum absolute atomic E-state index is 12.7. The van der Waals surface area contributed by atoms with Gasteiger partial charge in [-0.25, -0.2) is 13.2 Å². The summed E-state index contributed by atoms with van der Waals surface area (Å²) in [6, 6.07) is 4.85. The number of Topliss-reactive ketones (excluding diaryl/α,β-unsaturated/α-hetero) is 2. The predicted molar refractivity (Wildman–Crippen MR) is 328 cm³/mol. The first-order chi connectivity index (χ1) is 42.3. The first kappa shape index (κ1) is 77.2. The smallest absolute Gasteiger partial charge is 0.326 e. The normalized spacial score (nSPS) is 12.3. The molecule has 88 heavy (non-hydrogen) atoms. The molecule has 27 nitrogen and oxygen atoms in total. The van der Waals surface area contributed by atoms with Gasteiger partial charge in [-0.2, -0.15) is 5.21 Å². The van der Waals surface area contributed by atoms with E-state index in [1.165, 1.54) is 44.9 Å². The number of unbranched alkanes of at least 4 members (excludes halogenated alkanes) is 14. The molecular weight excluding hydrogens is 1160 g/mol. The van der Waals surface area contributed by atoms with E-state index >= 15 is 0 Å². The van der Waals surface area contributed by atoms with Crippen LogP contribution < -0.4 is 37.0 Å². The molecule has 0 aliphatic rings. The van der Waals surface area contributed by atoms with Gasteiger partial charge in [0.05, 0.1) is 24.9 Å². The number of rotatable bonds is 57. The molecule has 0 saturated carbocycles. The summed E-state index contributed by atoms with van der Waals surface area (Å²) in [5, 5.41) is 46.9. The van der Waals surface area contributed by atoms with E-state index in [9.17, 15) is 66.6 Å². The summed E-state index contributed by atoms with van der Waals surface area (Å²) in [5.41, 5.74) is 6.95. The van der Waals surface area contributed by atoms with Gasteiger partial charge in [-0.1, -0.05) is 89.2 Å². The fourth-order valence-corrected chi connectivity index (χ4v) is 10.3. The molecule has 0 saturated heterocycles. The minimum Gasteiger partial charge on any atom is -0.481 e. The van der Waals surface area contributed by atoms with Crippen molar-refractivity contribution >= 4 is 74.7 Å². The van der Waals surface area contributed by atoms with Crippen LogP contribution in [0.5, 0.6) is 0 Å². The third kappa shape index (κ3) is 40.5. The largest absolute Gasteiger partial charge is 0.481 e. The Morgan fingerprint density at radius 3 is 1.83 bits per heavy atom. The number of anilines is 1. The molecule has 28 heteroatoms. The second kappa shape index (κ2) is 48.0. The number of nitrogens with one attached hydrogen (secondary N) is 7. The van der Waals surface area contributed by atoms with Crippen LogP contribution >= 0.6 is 0 Å². The number of carboxylic acids is 2. The number of carbonyl (C=O) groups excluding carboxylic acids is 8. The number of benzene rings is 1. The summed E-state index contributed by atoms with van der Waals surface area (Å²) in [4.78, 5) is 123. The molecule has 1 aromatic heterocycles. The van der Waals surface area contributed by atoms with Crippen LogP contribution in [0.25, 0.3) is 0 Å². The zero-order valence-corrected chi connectivity index (χ0v) is 52.4. The number of ether oxygens (including phenoxy) is 2.